The van der Waals surface area contributed by atoms with Crippen molar-refractivity contribution in [1.82, 2.24) is 15.1 Å². The molecule has 1 aromatic heterocycles. The highest BCUT2D eigenvalue weighted by Gasteiger charge is 2.30. The molecule has 3 rings (SSSR count). The topological polar surface area (TPSA) is 61.4 Å². The van der Waals surface area contributed by atoms with Crippen molar-refractivity contribution in [2.75, 3.05) is 26.4 Å². The van der Waals surface area contributed by atoms with E-state index in [0.717, 1.165) is 43.5 Å². The molecule has 1 aromatic rings. The Balaban J connectivity index is 1.44. The van der Waals surface area contributed by atoms with Crippen LogP contribution in [0.1, 0.15) is 36.6 Å². The van der Waals surface area contributed by atoms with Gasteiger partial charge in [0.2, 0.25) is 0 Å². The minimum Gasteiger partial charge on any atom is -0.394 e. The Labute approximate surface area is 107 Å². The second-order valence-corrected chi connectivity index (χ2v) is 5.34. The second kappa shape index (κ2) is 5.38. The molecule has 0 radical (unpaired) electrons. The molecule has 2 heterocycles. The van der Waals surface area contributed by atoms with Crippen LogP contribution in [0.2, 0.25) is 0 Å². The number of aromatic nitrogens is 2. The lowest BCUT2D eigenvalue weighted by Gasteiger charge is -2.26. The lowest BCUT2D eigenvalue weighted by atomic mass is 9.86. The van der Waals surface area contributed by atoms with Gasteiger partial charge in [0.15, 0.2) is 0 Å². The molecule has 5 nitrogen and oxygen atoms in total. The Morgan fingerprint density at radius 1 is 1.50 bits per heavy atom. The van der Waals surface area contributed by atoms with Crippen LogP contribution in [-0.2, 0) is 11.3 Å². The van der Waals surface area contributed by atoms with Crippen LogP contribution >= 0.6 is 0 Å². The van der Waals surface area contributed by atoms with E-state index in [0.29, 0.717) is 0 Å². The van der Waals surface area contributed by atoms with Gasteiger partial charge in [0.25, 0.3) is 0 Å². The van der Waals surface area contributed by atoms with Gasteiger partial charge >= 0.3 is 0 Å². The number of H-pyrrole nitrogens is 1. The molecule has 100 valence electrons. The van der Waals surface area contributed by atoms with Crippen molar-refractivity contribution in [3.8, 4) is 0 Å². The average molecular weight is 251 g/mol. The van der Waals surface area contributed by atoms with Gasteiger partial charge in [-0.1, -0.05) is 6.42 Å². The van der Waals surface area contributed by atoms with E-state index in [1.54, 1.807) is 0 Å². The molecule has 1 aliphatic carbocycles. The molecule has 5 heteroatoms. The first-order valence-electron chi connectivity index (χ1n) is 6.83. The molecule has 1 aliphatic heterocycles. The standard InChI is InChI=1S/C13H21N3O2/c17-8-13-11-6-14-15-12(11)7-16(13)4-5-18-9-10-2-1-3-10/h6,10,13,17H,1-5,7-9H2,(H,14,15). The Morgan fingerprint density at radius 3 is 3.11 bits per heavy atom. The largest absolute Gasteiger partial charge is 0.394 e. The number of hydrogen-bond donors (Lipinski definition) is 2. The van der Waals surface area contributed by atoms with Gasteiger partial charge in [-0.3, -0.25) is 10.00 Å². The number of rotatable bonds is 6. The van der Waals surface area contributed by atoms with Gasteiger partial charge in [-0.25, -0.2) is 0 Å². The van der Waals surface area contributed by atoms with E-state index in [1.165, 1.54) is 19.3 Å². The zero-order valence-electron chi connectivity index (χ0n) is 10.6. The van der Waals surface area contributed by atoms with E-state index < -0.39 is 0 Å². The Bertz CT molecular complexity index is 389. The van der Waals surface area contributed by atoms with Gasteiger partial charge in [0.05, 0.1) is 31.1 Å². The summed E-state index contributed by atoms with van der Waals surface area (Å²) in [5.74, 6) is 0.800. The van der Waals surface area contributed by atoms with Crippen molar-refractivity contribution in [3.05, 3.63) is 17.5 Å². The number of ether oxygens (including phenoxy) is 1. The van der Waals surface area contributed by atoms with Crippen LogP contribution < -0.4 is 0 Å². The fraction of sp³-hybridized carbons (Fsp3) is 0.769. The fourth-order valence-electron chi connectivity index (χ4n) is 2.79. The van der Waals surface area contributed by atoms with Crippen LogP contribution in [0.4, 0.5) is 0 Å². The summed E-state index contributed by atoms with van der Waals surface area (Å²) in [6.07, 6.45) is 5.86. The summed E-state index contributed by atoms with van der Waals surface area (Å²) in [4.78, 5) is 2.25. The van der Waals surface area contributed by atoms with Crippen LogP contribution in [0.15, 0.2) is 6.20 Å². The molecular weight excluding hydrogens is 230 g/mol. The smallest absolute Gasteiger partial charge is 0.0630 e. The summed E-state index contributed by atoms with van der Waals surface area (Å²) in [7, 11) is 0. The highest BCUT2D eigenvalue weighted by atomic mass is 16.5. The molecule has 1 saturated carbocycles. The van der Waals surface area contributed by atoms with E-state index in [-0.39, 0.29) is 12.6 Å². The van der Waals surface area contributed by atoms with Gasteiger partial charge in [-0.15, -0.1) is 0 Å². The lowest BCUT2D eigenvalue weighted by Crippen LogP contribution is -2.29. The van der Waals surface area contributed by atoms with Crippen LogP contribution in [-0.4, -0.2) is 46.6 Å². The Kier molecular flexibility index (Phi) is 3.63. The van der Waals surface area contributed by atoms with Crippen molar-refractivity contribution < 1.29 is 9.84 Å². The quantitative estimate of drug-likeness (QED) is 0.743. The van der Waals surface area contributed by atoms with Gasteiger partial charge in [0, 0.05) is 25.3 Å². The molecule has 0 bridgehead atoms. The van der Waals surface area contributed by atoms with E-state index in [4.69, 9.17) is 4.74 Å². The third-order valence-electron chi connectivity index (χ3n) is 4.19. The number of fused-ring (bicyclic) bond motifs is 1. The van der Waals surface area contributed by atoms with Crippen LogP contribution in [0.25, 0.3) is 0 Å². The molecule has 0 saturated heterocycles. The zero-order valence-corrected chi connectivity index (χ0v) is 10.6. The van der Waals surface area contributed by atoms with Crippen LogP contribution in [0, 0.1) is 5.92 Å². The van der Waals surface area contributed by atoms with Crippen molar-refractivity contribution in [1.29, 1.82) is 0 Å². The van der Waals surface area contributed by atoms with Crippen molar-refractivity contribution in [3.63, 3.8) is 0 Å². The third-order valence-corrected chi connectivity index (χ3v) is 4.19. The molecule has 1 unspecified atom stereocenters. The third kappa shape index (κ3) is 2.30. The second-order valence-electron chi connectivity index (χ2n) is 5.34. The summed E-state index contributed by atoms with van der Waals surface area (Å²) >= 11 is 0. The number of nitrogens with one attached hydrogen (secondary N) is 1. The Morgan fingerprint density at radius 2 is 2.39 bits per heavy atom. The van der Waals surface area contributed by atoms with E-state index in [2.05, 4.69) is 15.1 Å². The summed E-state index contributed by atoms with van der Waals surface area (Å²) in [5, 5.41) is 16.5. The number of nitrogens with zero attached hydrogens (tertiary/aromatic N) is 2. The van der Waals surface area contributed by atoms with Gasteiger partial charge in [-0.05, 0) is 18.8 Å². The number of aliphatic hydroxyl groups is 1. The lowest BCUT2D eigenvalue weighted by molar-refractivity contribution is 0.0398. The molecular formula is C13H21N3O2. The number of hydrogen-bond acceptors (Lipinski definition) is 4. The van der Waals surface area contributed by atoms with Crippen molar-refractivity contribution >= 4 is 0 Å². The molecule has 0 aromatic carbocycles. The summed E-state index contributed by atoms with van der Waals surface area (Å²) in [5.41, 5.74) is 2.27. The minimum atomic E-state index is 0.0889. The van der Waals surface area contributed by atoms with Crippen molar-refractivity contribution in [2.24, 2.45) is 5.92 Å². The van der Waals surface area contributed by atoms with Gasteiger partial charge < -0.3 is 9.84 Å². The molecule has 18 heavy (non-hydrogen) atoms. The molecule has 2 N–H and O–H groups in total. The monoisotopic (exact) mass is 251 g/mol. The number of aromatic amines is 1. The van der Waals surface area contributed by atoms with E-state index >= 15 is 0 Å². The maximum absolute atomic E-state index is 9.47. The maximum atomic E-state index is 9.47. The average Bonchev–Trinajstić information content (AvgIpc) is 2.85. The van der Waals surface area contributed by atoms with E-state index in [1.807, 2.05) is 6.20 Å². The predicted molar refractivity (Wildman–Crippen MR) is 67.0 cm³/mol. The van der Waals surface area contributed by atoms with E-state index in [9.17, 15) is 5.11 Å². The summed E-state index contributed by atoms with van der Waals surface area (Å²) < 4.78 is 5.72. The summed E-state index contributed by atoms with van der Waals surface area (Å²) in [6, 6.07) is 0.0889. The predicted octanol–water partition coefficient (Wildman–Crippen LogP) is 1.08. The molecule has 0 spiro atoms. The fourth-order valence-corrected chi connectivity index (χ4v) is 2.79. The Hall–Kier alpha value is -0.910. The highest BCUT2D eigenvalue weighted by Crippen LogP contribution is 2.31. The van der Waals surface area contributed by atoms with Gasteiger partial charge in [-0.2, -0.15) is 5.10 Å². The first-order valence-corrected chi connectivity index (χ1v) is 6.83. The first kappa shape index (κ1) is 12.1. The SMILES string of the molecule is OCC1c2cn[nH]c2CN1CCOCC1CCC1. The van der Waals surface area contributed by atoms with Crippen molar-refractivity contribution in [2.45, 2.75) is 31.8 Å². The molecule has 0 amide bonds. The minimum absolute atomic E-state index is 0.0889. The van der Waals surface area contributed by atoms with Crippen LogP contribution in [0.5, 0.6) is 0 Å². The highest BCUT2D eigenvalue weighted by molar-refractivity contribution is 5.25. The number of aliphatic hydroxyl groups excluding tert-OH is 1. The molecule has 2 aliphatic rings. The molecule has 1 fully saturated rings. The molecule has 1 atom stereocenters. The normalized spacial score (nSPS) is 24.2. The van der Waals surface area contributed by atoms with Gasteiger partial charge in [0.1, 0.15) is 0 Å². The maximum Gasteiger partial charge on any atom is 0.0630 e. The first-order chi connectivity index (χ1) is 8.88. The van der Waals surface area contributed by atoms with Crippen LogP contribution in [0.3, 0.4) is 0 Å². The summed E-state index contributed by atoms with van der Waals surface area (Å²) in [6.45, 7) is 3.53. The zero-order chi connectivity index (χ0) is 12.4.